The van der Waals surface area contributed by atoms with Crippen molar-refractivity contribution in [2.75, 3.05) is 0 Å². The number of ketones is 1. The van der Waals surface area contributed by atoms with Gasteiger partial charge < -0.3 is 9.72 Å². The van der Waals surface area contributed by atoms with Gasteiger partial charge in [0.25, 0.3) is 0 Å². The molecule has 0 saturated heterocycles. The van der Waals surface area contributed by atoms with Gasteiger partial charge in [0.1, 0.15) is 0 Å². The van der Waals surface area contributed by atoms with E-state index in [0.29, 0.717) is 23.3 Å². The number of aromatic amines is 1. The van der Waals surface area contributed by atoms with E-state index < -0.39 is 6.10 Å². The molecule has 6 rings (SSSR count). The molecule has 0 spiro atoms. The van der Waals surface area contributed by atoms with Crippen LogP contribution in [0.25, 0.3) is 10.9 Å². The Labute approximate surface area is 159 Å². The van der Waals surface area contributed by atoms with Crippen LogP contribution < -0.4 is 0 Å². The summed E-state index contributed by atoms with van der Waals surface area (Å²) in [5.41, 5.74) is 2.10. The largest absolute Gasteiger partial charge is 0.454 e. The maximum absolute atomic E-state index is 13.1. The molecule has 4 fully saturated rings. The fourth-order valence-electron chi connectivity index (χ4n) is 6.50. The smallest absolute Gasteiger partial charge is 0.312 e. The Kier molecular flexibility index (Phi) is 3.75. The number of rotatable bonds is 4. The van der Waals surface area contributed by atoms with Gasteiger partial charge in [0.15, 0.2) is 6.10 Å². The molecule has 1 atom stereocenters. The van der Waals surface area contributed by atoms with Gasteiger partial charge >= 0.3 is 5.97 Å². The number of esters is 1. The molecule has 4 bridgehead atoms. The van der Waals surface area contributed by atoms with Crippen LogP contribution in [0, 0.1) is 30.1 Å². The van der Waals surface area contributed by atoms with Crippen LogP contribution >= 0.6 is 0 Å². The normalized spacial score (nSPS) is 32.6. The van der Waals surface area contributed by atoms with Crippen LogP contribution in [-0.4, -0.2) is 22.8 Å². The molecule has 2 aromatic rings. The van der Waals surface area contributed by atoms with Gasteiger partial charge in [0.2, 0.25) is 5.78 Å². The van der Waals surface area contributed by atoms with E-state index in [9.17, 15) is 9.59 Å². The molecule has 1 aromatic heterocycles. The fourth-order valence-corrected chi connectivity index (χ4v) is 6.50. The lowest BCUT2D eigenvalue weighted by atomic mass is 9.49. The van der Waals surface area contributed by atoms with Crippen molar-refractivity contribution in [3.8, 4) is 0 Å². The molecule has 4 aliphatic carbocycles. The number of Topliss-reactive ketones (excluding diaryl/α,β-unsaturated/α-hetero) is 1. The Hall–Kier alpha value is -2.10. The number of carbonyl (C=O) groups excluding carboxylic acids is 2. The van der Waals surface area contributed by atoms with Gasteiger partial charge in [-0.2, -0.15) is 0 Å². The third kappa shape index (κ3) is 2.64. The number of benzene rings is 1. The molecule has 0 aliphatic heterocycles. The second-order valence-corrected chi connectivity index (χ2v) is 9.28. The summed E-state index contributed by atoms with van der Waals surface area (Å²) in [6.07, 6.45) is 6.00. The van der Waals surface area contributed by atoms with Crippen LogP contribution in [0.2, 0.25) is 0 Å². The summed E-state index contributed by atoms with van der Waals surface area (Å²) < 4.78 is 5.82. The average Bonchev–Trinajstić information content (AvgIpc) is 2.95. The molecular weight excluding hydrogens is 338 g/mol. The van der Waals surface area contributed by atoms with Crippen molar-refractivity contribution < 1.29 is 14.3 Å². The number of fused-ring (bicyclic) bond motifs is 1. The number of hydrogen-bond acceptors (Lipinski definition) is 3. The predicted octanol–water partition coefficient (Wildman–Crippen LogP) is 4.81. The molecular formula is C23H27NO3. The number of aromatic nitrogens is 1. The van der Waals surface area contributed by atoms with Gasteiger partial charge in [0.05, 0.1) is 5.41 Å². The van der Waals surface area contributed by atoms with Crippen molar-refractivity contribution >= 4 is 22.7 Å². The summed E-state index contributed by atoms with van der Waals surface area (Å²) in [4.78, 5) is 29.5. The Balaban J connectivity index is 1.37. The van der Waals surface area contributed by atoms with Crippen molar-refractivity contribution in [3.05, 3.63) is 35.5 Å². The summed E-state index contributed by atoms with van der Waals surface area (Å²) in [6, 6.07) is 7.78. The zero-order chi connectivity index (χ0) is 18.8. The summed E-state index contributed by atoms with van der Waals surface area (Å²) in [6.45, 7) is 3.63. The highest BCUT2D eigenvalue weighted by Crippen LogP contribution is 2.60. The first-order valence-electron chi connectivity index (χ1n) is 10.3. The molecule has 4 aliphatic rings. The lowest BCUT2D eigenvalue weighted by Gasteiger charge is -2.55. The Bertz CT molecular complexity index is 890. The minimum atomic E-state index is -0.747. The molecule has 4 saturated carbocycles. The highest BCUT2D eigenvalue weighted by molar-refractivity contribution is 6.11. The van der Waals surface area contributed by atoms with Crippen molar-refractivity contribution in [2.24, 2.45) is 23.2 Å². The molecule has 1 N–H and O–H groups in total. The third-order valence-corrected chi connectivity index (χ3v) is 7.26. The topological polar surface area (TPSA) is 59.2 Å². The monoisotopic (exact) mass is 365 g/mol. The molecule has 1 aromatic carbocycles. The number of ether oxygens (including phenoxy) is 1. The van der Waals surface area contributed by atoms with Crippen LogP contribution in [0.15, 0.2) is 24.3 Å². The fraction of sp³-hybridized carbons (Fsp3) is 0.565. The molecule has 27 heavy (non-hydrogen) atoms. The minimum Gasteiger partial charge on any atom is -0.454 e. The van der Waals surface area contributed by atoms with E-state index in [4.69, 9.17) is 4.74 Å². The first-order chi connectivity index (χ1) is 12.9. The molecule has 1 heterocycles. The van der Waals surface area contributed by atoms with Crippen molar-refractivity contribution in [1.82, 2.24) is 4.98 Å². The molecule has 0 amide bonds. The van der Waals surface area contributed by atoms with Crippen molar-refractivity contribution in [1.29, 1.82) is 0 Å². The zero-order valence-corrected chi connectivity index (χ0v) is 16.1. The predicted molar refractivity (Wildman–Crippen MR) is 104 cm³/mol. The van der Waals surface area contributed by atoms with Crippen molar-refractivity contribution in [3.63, 3.8) is 0 Å². The summed E-state index contributed by atoms with van der Waals surface area (Å²) in [5, 5.41) is 0.901. The summed E-state index contributed by atoms with van der Waals surface area (Å²) in [5.74, 6) is 1.82. The number of hydrogen-bond donors (Lipinski definition) is 1. The summed E-state index contributed by atoms with van der Waals surface area (Å²) >= 11 is 0. The maximum Gasteiger partial charge on any atom is 0.312 e. The number of nitrogens with one attached hydrogen (secondary N) is 1. The number of H-pyrrole nitrogens is 1. The van der Waals surface area contributed by atoms with Gasteiger partial charge in [0, 0.05) is 22.2 Å². The molecule has 142 valence electrons. The van der Waals surface area contributed by atoms with E-state index in [1.54, 1.807) is 6.92 Å². The SMILES string of the molecule is Cc1[nH]c2ccccc2c1C(=O)[C@H](C)OC(=O)C12CC3CC(CC(C3)C1)C2. The van der Waals surface area contributed by atoms with Crippen LogP contribution in [0.3, 0.4) is 0 Å². The first kappa shape index (κ1) is 17.0. The number of carbonyl (C=O) groups is 2. The maximum atomic E-state index is 13.1. The quantitative estimate of drug-likeness (QED) is 0.625. The van der Waals surface area contributed by atoms with E-state index in [1.165, 1.54) is 19.3 Å². The molecule has 4 nitrogen and oxygen atoms in total. The highest BCUT2D eigenvalue weighted by atomic mass is 16.5. The average molecular weight is 365 g/mol. The van der Waals surface area contributed by atoms with Gasteiger partial charge in [-0.05, 0) is 76.2 Å². The Morgan fingerprint density at radius 3 is 2.30 bits per heavy atom. The first-order valence-corrected chi connectivity index (χ1v) is 10.3. The molecule has 0 unspecified atom stereocenters. The number of para-hydroxylation sites is 1. The van der Waals surface area contributed by atoms with Crippen molar-refractivity contribution in [2.45, 2.75) is 58.5 Å². The number of aryl methyl sites for hydroxylation is 1. The van der Waals surface area contributed by atoms with Gasteiger partial charge in [-0.15, -0.1) is 0 Å². The van der Waals surface area contributed by atoms with Gasteiger partial charge in [-0.3, -0.25) is 9.59 Å². The molecule has 4 heteroatoms. The van der Waals surface area contributed by atoms with E-state index in [2.05, 4.69) is 4.98 Å². The van der Waals surface area contributed by atoms with Crippen LogP contribution in [0.4, 0.5) is 0 Å². The Morgan fingerprint density at radius 2 is 1.67 bits per heavy atom. The third-order valence-electron chi connectivity index (χ3n) is 7.26. The van der Waals surface area contributed by atoms with Gasteiger partial charge in [-0.1, -0.05) is 18.2 Å². The minimum absolute atomic E-state index is 0.108. The van der Waals surface area contributed by atoms with E-state index in [1.807, 2.05) is 31.2 Å². The van der Waals surface area contributed by atoms with Gasteiger partial charge in [-0.25, -0.2) is 0 Å². The van der Waals surface area contributed by atoms with Crippen LogP contribution in [-0.2, 0) is 9.53 Å². The summed E-state index contributed by atoms with van der Waals surface area (Å²) in [7, 11) is 0. The lowest BCUT2D eigenvalue weighted by molar-refractivity contribution is -0.174. The Morgan fingerprint density at radius 1 is 1.07 bits per heavy atom. The van der Waals surface area contributed by atoms with Crippen LogP contribution in [0.5, 0.6) is 0 Å². The van der Waals surface area contributed by atoms with E-state index >= 15 is 0 Å². The molecule has 0 radical (unpaired) electrons. The lowest BCUT2D eigenvalue weighted by Crippen LogP contribution is -2.51. The van der Waals surface area contributed by atoms with E-state index in [-0.39, 0.29) is 17.2 Å². The second kappa shape index (κ2) is 5.95. The highest BCUT2D eigenvalue weighted by Gasteiger charge is 2.55. The second-order valence-electron chi connectivity index (χ2n) is 9.28. The standard InChI is InChI=1S/C23H27NO3/c1-13-20(18-5-3-4-6-19(18)24-13)21(25)14(2)27-22(26)23-10-15-7-16(11-23)9-17(8-15)12-23/h3-6,14-17,24H,7-12H2,1-2H3/t14-,15?,16?,17?,23?/m0/s1. The van der Waals surface area contributed by atoms with Crippen LogP contribution in [0.1, 0.15) is 61.5 Å². The zero-order valence-electron chi connectivity index (χ0n) is 16.1. The van der Waals surface area contributed by atoms with E-state index in [0.717, 1.165) is 35.9 Å².